The van der Waals surface area contributed by atoms with Crippen molar-refractivity contribution in [3.05, 3.63) is 145 Å². The van der Waals surface area contributed by atoms with Crippen LogP contribution in [0.15, 0.2) is 90.1 Å². The van der Waals surface area contributed by atoms with Gasteiger partial charge >= 0.3 is 0 Å². The van der Waals surface area contributed by atoms with Crippen molar-refractivity contribution in [3.8, 4) is 0 Å². The van der Waals surface area contributed by atoms with Crippen LogP contribution in [-0.4, -0.2) is 83.6 Å². The Morgan fingerprint density at radius 2 is 0.968 bits per heavy atom. The third-order valence-electron chi connectivity index (χ3n) is 22.7. The Bertz CT molecular complexity index is 3760. The minimum atomic E-state index is -4.02. The highest BCUT2D eigenvalue weighted by Gasteiger charge is 2.74. The molecule has 4 spiro atoms. The summed E-state index contributed by atoms with van der Waals surface area (Å²) in [5, 5.41) is 6.56. The van der Waals surface area contributed by atoms with Gasteiger partial charge in [-0.3, -0.25) is 33.3 Å². The maximum Gasteiger partial charge on any atom is 0.294 e. The van der Waals surface area contributed by atoms with E-state index in [1.165, 1.54) is 24.5 Å². The van der Waals surface area contributed by atoms with Crippen LogP contribution in [0.5, 0.6) is 0 Å². The third kappa shape index (κ3) is 13.0. The number of fused-ring (bicyclic) bond motifs is 6. The number of pyridine rings is 2. The number of rotatable bonds is 11. The lowest BCUT2D eigenvalue weighted by atomic mass is 9.51. The number of hydrogen-bond acceptors (Lipinski definition) is 12. The van der Waals surface area contributed by atoms with Crippen LogP contribution in [0.2, 0.25) is 20.4 Å². The van der Waals surface area contributed by atoms with Gasteiger partial charge in [-0.25, -0.2) is 18.7 Å². The number of carbonyl (C=O) groups excluding carboxylic acids is 6. The number of hydrogen-bond donors (Lipinski definition) is 5. The van der Waals surface area contributed by atoms with Crippen LogP contribution in [0.25, 0.3) is 0 Å². The maximum atomic E-state index is 16.0. The Labute approximate surface area is 572 Å². The van der Waals surface area contributed by atoms with E-state index in [4.69, 9.17) is 71.9 Å². The molecule has 0 unspecified atom stereocenters. The number of ether oxygens (including phenoxy) is 2. The number of aryl methyl sites for hydroxylation is 1. The molecule has 0 bridgehead atoms. The number of halogens is 6. The molecule has 4 aliphatic carbocycles. The number of aromatic nitrogens is 2. The van der Waals surface area contributed by atoms with Crippen LogP contribution < -0.4 is 22.1 Å². The Hall–Kier alpha value is -5.97. The van der Waals surface area contributed by atoms with E-state index in [0.717, 1.165) is 68.1 Å². The number of benzene rings is 3. The zero-order valence-corrected chi connectivity index (χ0v) is 57.5. The summed E-state index contributed by atoms with van der Waals surface area (Å²) in [6, 6.07) is 19.9. The van der Waals surface area contributed by atoms with E-state index in [0.29, 0.717) is 59.9 Å². The first-order valence-electron chi connectivity index (χ1n) is 32.5. The molecule has 6 heterocycles. The van der Waals surface area contributed by atoms with Crippen molar-refractivity contribution < 1.29 is 60.0 Å². The lowest BCUT2D eigenvalue weighted by Gasteiger charge is -2.51. The maximum absolute atomic E-state index is 16.0. The number of nitrogens with one attached hydrogen (secondary N) is 2. The van der Waals surface area contributed by atoms with Gasteiger partial charge in [0.2, 0.25) is 23.6 Å². The van der Waals surface area contributed by atoms with E-state index in [9.17, 15) is 37.2 Å². The van der Waals surface area contributed by atoms with Crippen molar-refractivity contribution in [3.63, 3.8) is 0 Å². The lowest BCUT2D eigenvalue weighted by Crippen LogP contribution is -2.52. The second-order valence-corrected chi connectivity index (χ2v) is 32.4. The van der Waals surface area contributed by atoms with E-state index in [-0.39, 0.29) is 98.4 Å². The molecule has 7 N–H and O–H groups in total. The fraction of sp³-hybridized carbons (Fsp3) is 0.521. The van der Waals surface area contributed by atoms with Gasteiger partial charge in [0.15, 0.2) is 21.9 Å². The monoisotopic (exact) mass is 1400 g/mol. The average molecular weight is 1410 g/mol. The molecule has 17 nitrogen and oxygen atoms in total. The fourth-order valence-corrected chi connectivity index (χ4v) is 18.9. The summed E-state index contributed by atoms with van der Waals surface area (Å²) in [6.45, 7) is 11.3. The molecule has 5 aromatic rings. The number of amides is 4. The first kappa shape index (κ1) is 70.4. The van der Waals surface area contributed by atoms with Gasteiger partial charge in [-0.1, -0.05) is 104 Å². The largest absolute Gasteiger partial charge is 0.368 e. The van der Waals surface area contributed by atoms with Crippen molar-refractivity contribution in [1.82, 2.24) is 9.97 Å². The Kier molecular flexibility index (Phi) is 19.8. The van der Waals surface area contributed by atoms with Gasteiger partial charge in [0, 0.05) is 70.3 Å². The first-order valence-corrected chi connectivity index (χ1v) is 35.5. The molecule has 2 aromatic heterocycles. The van der Waals surface area contributed by atoms with Crippen LogP contribution in [0.4, 0.5) is 20.2 Å². The van der Waals surface area contributed by atoms with Gasteiger partial charge in [-0.05, 0) is 201 Å². The summed E-state index contributed by atoms with van der Waals surface area (Å²) in [4.78, 5) is 88.9. The van der Waals surface area contributed by atoms with Crippen molar-refractivity contribution in [2.75, 3.05) is 23.8 Å². The van der Waals surface area contributed by atoms with Gasteiger partial charge in [0.1, 0.15) is 23.8 Å². The first-order chi connectivity index (χ1) is 44.8. The zero-order valence-electron chi connectivity index (χ0n) is 53.7. The smallest absolute Gasteiger partial charge is 0.294 e. The van der Waals surface area contributed by atoms with Crippen molar-refractivity contribution >= 4 is 103 Å². The van der Waals surface area contributed by atoms with Crippen molar-refractivity contribution in [1.29, 1.82) is 0 Å². The highest BCUT2D eigenvalue weighted by molar-refractivity contribution is 7.85. The minimum absolute atomic E-state index is 0.0326. The number of Topliss-reactive ketones (excluding diaryl/α,β-unsaturated/α-hetero) is 2. The number of nitrogens with zero attached hydrogens (tertiary/aromatic N) is 2. The van der Waals surface area contributed by atoms with E-state index >= 15 is 8.78 Å². The summed E-state index contributed by atoms with van der Waals surface area (Å²) in [5.41, 5.74) is 11.6. The van der Waals surface area contributed by atoms with Crippen LogP contribution >= 0.6 is 46.4 Å². The fourth-order valence-electron chi connectivity index (χ4n) is 17.8. The molecular formula is C71H80Cl4F2N6O11S. The molecule has 95 heavy (non-hydrogen) atoms. The molecule has 4 aliphatic heterocycles. The average Bonchev–Trinajstić information content (AvgIpc) is 1.52. The SMILES string of the molecule is CC1(C)CCC2(CC1)C[C@@H](C(=O)C[C@@H]1CC[C@@H](C(N)=O)OC1)[C@H](c1ccnc(Cl)c1F)[C@]21C(=O)Nc2cc(Cl)ccc21.CC1(C)CCC2(CC1)C[C@@H](C(=O)C[C@@H]1CC[C@@H](C(N)=O)OC1)[C@H](c1ccnc(Cl)c1F)[C@]21C(=O)Nc2cc(Cl)ccc21.Cc1ccc(S(=O)(=O)O)cc1. The molecular weight excluding hydrogens is 1320 g/mol. The van der Waals surface area contributed by atoms with E-state index in [1.54, 1.807) is 48.5 Å². The van der Waals surface area contributed by atoms with Gasteiger partial charge in [-0.2, -0.15) is 8.42 Å². The highest BCUT2D eigenvalue weighted by atomic mass is 35.5. The molecule has 2 saturated heterocycles. The van der Waals surface area contributed by atoms with Crippen LogP contribution in [0.1, 0.15) is 170 Å². The molecule has 10 atom stereocenters. The molecule has 3 aromatic carbocycles. The third-order valence-corrected chi connectivity index (χ3v) is 24.6. The van der Waals surface area contributed by atoms with Crippen molar-refractivity contribution in [2.45, 2.75) is 177 Å². The standard InChI is InChI=1S/2C32H36Cl2FN3O4.C7H8O3S/c2*1-30(2)8-10-31(11-9-30)15-20(23(39)13-17-3-6-24(28(36)40)42-16-17)25(19-7-12-37-27(34)26(19)35)32(31)21-5-4-18(33)14-22(21)38-29(32)41;1-6-2-4-7(5-3-6)11(8,9)10/h2*4-5,7,12,14,17,20,24-25H,3,6,8-11,13,15-16H2,1-2H3,(H2,36,40)(H,38,41);2-5H,1H3,(H,8,9,10)/t2*17-,20-,24-,25-,32+;/m00./s1. The summed E-state index contributed by atoms with van der Waals surface area (Å²) in [6.07, 6.45) is 11.5. The van der Waals surface area contributed by atoms with Crippen LogP contribution in [0.3, 0.4) is 0 Å². The number of primary amides is 2. The number of ketones is 2. The minimum Gasteiger partial charge on any atom is -0.368 e. The summed E-state index contributed by atoms with van der Waals surface area (Å²) in [5.74, 6) is -5.98. The number of carbonyl (C=O) groups is 6. The zero-order chi connectivity index (χ0) is 68.5. The van der Waals surface area contributed by atoms with Crippen molar-refractivity contribution in [2.24, 2.45) is 56.8 Å². The molecule has 6 fully saturated rings. The van der Waals surface area contributed by atoms with Gasteiger partial charge < -0.3 is 31.6 Å². The van der Waals surface area contributed by atoms with E-state index in [1.807, 2.05) is 19.1 Å². The second kappa shape index (κ2) is 26.7. The van der Waals surface area contributed by atoms with Gasteiger partial charge in [-0.15, -0.1) is 0 Å². The van der Waals surface area contributed by atoms with Crippen LogP contribution in [0, 0.1) is 63.9 Å². The predicted octanol–water partition coefficient (Wildman–Crippen LogP) is 13.9. The molecule has 0 radical (unpaired) electrons. The Morgan fingerprint density at radius 3 is 1.31 bits per heavy atom. The van der Waals surface area contributed by atoms with E-state index < -0.39 is 91.1 Å². The second-order valence-electron chi connectivity index (χ2n) is 29.3. The number of anilines is 2. The molecule has 8 aliphatic rings. The molecule has 4 amide bonds. The van der Waals surface area contributed by atoms with Gasteiger partial charge in [0.05, 0.1) is 28.9 Å². The Morgan fingerprint density at radius 1 is 0.589 bits per heavy atom. The van der Waals surface area contributed by atoms with Crippen LogP contribution in [-0.2, 0) is 59.2 Å². The molecule has 4 saturated carbocycles. The normalized spacial score (nSPS) is 28.9. The van der Waals surface area contributed by atoms with E-state index in [2.05, 4.69) is 48.3 Å². The lowest BCUT2D eigenvalue weighted by molar-refractivity contribution is -0.136. The summed E-state index contributed by atoms with van der Waals surface area (Å²) >= 11 is 25.2. The summed E-state index contributed by atoms with van der Waals surface area (Å²) < 4.78 is 73.0. The Balaban J connectivity index is 0.000000167. The molecule has 508 valence electrons. The molecule has 24 heteroatoms. The summed E-state index contributed by atoms with van der Waals surface area (Å²) in [7, 11) is -4.02. The number of nitrogens with two attached hydrogens (primary N) is 2. The highest BCUT2D eigenvalue weighted by Crippen LogP contribution is 2.74. The quantitative estimate of drug-likeness (QED) is 0.0608. The topological polar surface area (TPSA) is 277 Å². The molecule has 13 rings (SSSR count). The predicted molar refractivity (Wildman–Crippen MR) is 357 cm³/mol. The van der Waals surface area contributed by atoms with Gasteiger partial charge in [0.25, 0.3) is 10.1 Å².